The van der Waals surface area contributed by atoms with Crippen molar-refractivity contribution in [1.82, 2.24) is 24.1 Å². The largest absolute Gasteiger partial charge is 0.339 e. The number of hydrogen-bond donors (Lipinski definition) is 1. The minimum atomic E-state index is -0.440. The van der Waals surface area contributed by atoms with Crippen LogP contribution in [-0.4, -0.2) is 24.1 Å². The van der Waals surface area contributed by atoms with Crippen LogP contribution in [0.2, 0.25) is 0 Å². The molecule has 4 rings (SSSR count). The van der Waals surface area contributed by atoms with Crippen molar-refractivity contribution in [3.63, 3.8) is 0 Å². The predicted octanol–water partition coefficient (Wildman–Crippen LogP) is 1.63. The number of hydrogen-bond acceptors (Lipinski definition) is 4. The molecule has 0 saturated carbocycles. The topological polar surface area (TPSA) is 85.6 Å². The number of pyridine rings is 1. The quantitative estimate of drug-likeness (QED) is 0.617. The third-order valence-electron chi connectivity index (χ3n) is 4.11. The number of nitrogens with zero attached hydrogens (tertiary/aromatic N) is 4. The summed E-state index contributed by atoms with van der Waals surface area (Å²) in [6.07, 6.45) is 3.06. The summed E-state index contributed by atoms with van der Waals surface area (Å²) >= 11 is 0. The molecule has 0 saturated heterocycles. The summed E-state index contributed by atoms with van der Waals surface area (Å²) in [4.78, 5) is 37.1. The highest BCUT2D eigenvalue weighted by Gasteiger charge is 2.17. The number of fused-ring (bicyclic) bond motifs is 1. The van der Waals surface area contributed by atoms with E-state index >= 15 is 0 Å². The molecule has 25 heavy (non-hydrogen) atoms. The molecule has 1 aromatic carbocycles. The van der Waals surface area contributed by atoms with E-state index in [9.17, 15) is 9.59 Å². The van der Waals surface area contributed by atoms with Gasteiger partial charge in [-0.3, -0.25) is 14.3 Å². The summed E-state index contributed by atoms with van der Waals surface area (Å²) < 4.78 is 2.64. The second kappa shape index (κ2) is 5.86. The van der Waals surface area contributed by atoms with Crippen molar-refractivity contribution in [2.24, 2.45) is 0 Å². The van der Waals surface area contributed by atoms with Crippen LogP contribution >= 0.6 is 0 Å². The lowest BCUT2D eigenvalue weighted by Crippen LogP contribution is -2.40. The van der Waals surface area contributed by atoms with Gasteiger partial charge in [0, 0.05) is 6.20 Å². The highest BCUT2D eigenvalue weighted by atomic mass is 16.2. The average Bonchev–Trinajstić information content (AvgIpc) is 3.11. The van der Waals surface area contributed by atoms with E-state index in [1.807, 2.05) is 37.3 Å². The molecule has 0 bridgehead atoms. The van der Waals surface area contributed by atoms with E-state index in [-0.39, 0.29) is 6.54 Å². The number of imidazole rings is 1. The zero-order valence-electron chi connectivity index (χ0n) is 13.5. The van der Waals surface area contributed by atoms with Crippen LogP contribution in [-0.2, 0) is 6.54 Å². The van der Waals surface area contributed by atoms with Crippen LogP contribution in [0.25, 0.3) is 16.9 Å². The number of H-pyrrole nitrogens is 1. The Balaban J connectivity index is 2.04. The van der Waals surface area contributed by atoms with E-state index < -0.39 is 11.2 Å². The fourth-order valence-corrected chi connectivity index (χ4v) is 2.87. The molecule has 7 heteroatoms. The summed E-state index contributed by atoms with van der Waals surface area (Å²) in [6.45, 7) is 2.01. The van der Waals surface area contributed by atoms with Crippen molar-refractivity contribution in [2.75, 3.05) is 0 Å². The van der Waals surface area contributed by atoms with Gasteiger partial charge in [0.25, 0.3) is 5.56 Å². The molecule has 0 atom stereocenters. The van der Waals surface area contributed by atoms with Gasteiger partial charge < -0.3 is 4.98 Å². The molecule has 0 aliphatic rings. The van der Waals surface area contributed by atoms with Crippen molar-refractivity contribution in [3.8, 4) is 5.69 Å². The number of nitrogens with one attached hydrogen (secondary N) is 1. The summed E-state index contributed by atoms with van der Waals surface area (Å²) in [5, 5.41) is 0. The monoisotopic (exact) mass is 333 g/mol. The third-order valence-corrected chi connectivity index (χ3v) is 4.11. The van der Waals surface area contributed by atoms with Crippen LogP contribution < -0.4 is 11.2 Å². The zero-order valence-corrected chi connectivity index (χ0v) is 13.5. The lowest BCUT2D eigenvalue weighted by atomic mass is 10.2. The van der Waals surface area contributed by atoms with Crippen LogP contribution in [0.1, 0.15) is 11.3 Å². The van der Waals surface area contributed by atoms with Gasteiger partial charge in [0.2, 0.25) is 0 Å². The molecule has 0 fully saturated rings. The van der Waals surface area contributed by atoms with Crippen LogP contribution in [0, 0.1) is 6.92 Å². The lowest BCUT2D eigenvalue weighted by Gasteiger charge is -2.13. The van der Waals surface area contributed by atoms with E-state index in [0.29, 0.717) is 22.5 Å². The molecule has 0 amide bonds. The smallest absolute Gasteiger partial charge is 0.337 e. The van der Waals surface area contributed by atoms with E-state index in [0.717, 1.165) is 5.56 Å². The molecular formula is C18H15N5O2. The van der Waals surface area contributed by atoms with Crippen molar-refractivity contribution in [1.29, 1.82) is 0 Å². The molecule has 0 spiro atoms. The van der Waals surface area contributed by atoms with Crippen LogP contribution in [0.15, 0.2) is 64.6 Å². The number of aromatic amines is 1. The molecular weight excluding hydrogens is 318 g/mol. The summed E-state index contributed by atoms with van der Waals surface area (Å²) in [5.41, 5.74) is 2.01. The second-order valence-electron chi connectivity index (χ2n) is 5.72. The highest BCUT2D eigenvalue weighted by Crippen LogP contribution is 2.15. The predicted molar refractivity (Wildman–Crippen MR) is 94.0 cm³/mol. The maximum atomic E-state index is 13.1. The minimum absolute atomic E-state index is 0.0966. The average molecular weight is 333 g/mol. The molecule has 0 aliphatic heterocycles. The first-order valence-electron chi connectivity index (χ1n) is 7.81. The van der Waals surface area contributed by atoms with Crippen LogP contribution in [0.5, 0.6) is 0 Å². The Hall–Kier alpha value is -3.48. The maximum Gasteiger partial charge on any atom is 0.337 e. The van der Waals surface area contributed by atoms with Gasteiger partial charge in [0.1, 0.15) is 5.52 Å². The molecule has 1 N–H and O–H groups in total. The van der Waals surface area contributed by atoms with Crippen molar-refractivity contribution < 1.29 is 0 Å². The van der Waals surface area contributed by atoms with Crippen molar-refractivity contribution >= 4 is 11.2 Å². The Labute approximate surface area is 142 Å². The normalized spacial score (nSPS) is 11.1. The summed E-state index contributed by atoms with van der Waals surface area (Å²) in [7, 11) is 0. The molecule has 124 valence electrons. The summed E-state index contributed by atoms with van der Waals surface area (Å²) in [5.74, 6) is 0. The van der Waals surface area contributed by atoms with Crippen LogP contribution in [0.4, 0.5) is 0 Å². The molecule has 0 unspecified atom stereocenters. The number of para-hydroxylation sites is 1. The van der Waals surface area contributed by atoms with Crippen molar-refractivity contribution in [2.45, 2.75) is 13.5 Å². The van der Waals surface area contributed by atoms with E-state index in [1.54, 1.807) is 18.3 Å². The fourth-order valence-electron chi connectivity index (χ4n) is 2.87. The second-order valence-corrected chi connectivity index (χ2v) is 5.72. The zero-order chi connectivity index (χ0) is 17.4. The van der Waals surface area contributed by atoms with Crippen molar-refractivity contribution in [3.05, 3.63) is 87.1 Å². The Kier molecular flexibility index (Phi) is 3.53. The molecule has 3 heterocycles. The molecule has 7 nitrogen and oxygen atoms in total. The Morgan fingerprint density at radius 1 is 1.04 bits per heavy atom. The van der Waals surface area contributed by atoms with Gasteiger partial charge in [-0.25, -0.2) is 14.3 Å². The number of rotatable bonds is 3. The Bertz CT molecular complexity index is 1170. The standard InChI is InChI=1S/C18H15N5O2/c1-12-6-2-3-8-14(12)23-16-15(20-11-21-16)17(24)22(18(23)25)10-13-7-4-5-9-19-13/h2-9,11H,10H2,1H3,(H,20,21). The van der Waals surface area contributed by atoms with E-state index in [4.69, 9.17) is 0 Å². The van der Waals surface area contributed by atoms with E-state index in [1.165, 1.54) is 15.5 Å². The Morgan fingerprint density at radius 2 is 1.84 bits per heavy atom. The SMILES string of the molecule is Cc1ccccc1-n1c(=O)n(Cc2ccccn2)c(=O)c2[nH]cnc21. The van der Waals surface area contributed by atoms with Gasteiger partial charge >= 0.3 is 5.69 Å². The minimum Gasteiger partial charge on any atom is -0.339 e. The lowest BCUT2D eigenvalue weighted by molar-refractivity contribution is 0.670. The highest BCUT2D eigenvalue weighted by molar-refractivity contribution is 5.71. The van der Waals surface area contributed by atoms with Crippen LogP contribution in [0.3, 0.4) is 0 Å². The van der Waals surface area contributed by atoms with Gasteiger partial charge in [-0.05, 0) is 30.7 Å². The van der Waals surface area contributed by atoms with Gasteiger partial charge in [-0.15, -0.1) is 0 Å². The first-order chi connectivity index (χ1) is 12.2. The van der Waals surface area contributed by atoms with Gasteiger partial charge in [-0.2, -0.15) is 0 Å². The molecule has 0 radical (unpaired) electrons. The van der Waals surface area contributed by atoms with Gasteiger partial charge in [-0.1, -0.05) is 24.3 Å². The van der Waals surface area contributed by atoms with Gasteiger partial charge in [0.05, 0.1) is 24.3 Å². The first kappa shape index (κ1) is 15.1. The molecule has 4 aromatic rings. The molecule has 0 aliphatic carbocycles. The number of benzene rings is 1. The molecule has 3 aromatic heterocycles. The third kappa shape index (κ3) is 2.46. The maximum absolute atomic E-state index is 13.1. The first-order valence-corrected chi connectivity index (χ1v) is 7.81. The Morgan fingerprint density at radius 3 is 2.60 bits per heavy atom. The fraction of sp³-hybridized carbons (Fsp3) is 0.111. The van der Waals surface area contributed by atoms with E-state index in [2.05, 4.69) is 15.0 Å². The number of aryl methyl sites for hydroxylation is 1. The summed E-state index contributed by atoms with van der Waals surface area (Å²) in [6, 6.07) is 12.9. The number of aromatic nitrogens is 5. The van der Waals surface area contributed by atoms with Gasteiger partial charge in [0.15, 0.2) is 5.65 Å².